The van der Waals surface area contributed by atoms with Gasteiger partial charge in [0.1, 0.15) is 5.75 Å². The highest BCUT2D eigenvalue weighted by Crippen LogP contribution is 2.11. The second kappa shape index (κ2) is 8.67. The molecule has 0 aliphatic heterocycles. The lowest BCUT2D eigenvalue weighted by Gasteiger charge is -2.02. The fraction of sp³-hybridized carbons (Fsp3) is 0.211. The molecule has 3 nitrogen and oxygen atoms in total. The Kier molecular flexibility index (Phi) is 6.24. The summed E-state index contributed by atoms with van der Waals surface area (Å²) in [6.07, 6.45) is 6.77. The molecular formula is C19H21NO2. The van der Waals surface area contributed by atoms with E-state index in [0.29, 0.717) is 5.56 Å². The van der Waals surface area contributed by atoms with Gasteiger partial charge in [0, 0.05) is 11.8 Å². The van der Waals surface area contributed by atoms with Crippen molar-refractivity contribution in [3.05, 3.63) is 78.0 Å². The molecule has 0 aliphatic rings. The normalized spacial score (nSPS) is 10.6. The number of hydrogen-bond donors (Lipinski definition) is 1. The van der Waals surface area contributed by atoms with Crippen molar-refractivity contribution < 1.29 is 9.53 Å². The van der Waals surface area contributed by atoms with E-state index in [0.717, 1.165) is 25.0 Å². The van der Waals surface area contributed by atoms with Crippen LogP contribution >= 0.6 is 0 Å². The van der Waals surface area contributed by atoms with Crippen molar-refractivity contribution in [1.29, 1.82) is 0 Å². The summed E-state index contributed by atoms with van der Waals surface area (Å²) in [5.41, 5.74) is 1.97. The molecule has 0 unspecified atom stereocenters. The van der Waals surface area contributed by atoms with E-state index in [1.165, 1.54) is 5.56 Å². The second-order valence-electron chi connectivity index (χ2n) is 4.98. The van der Waals surface area contributed by atoms with Gasteiger partial charge in [-0.3, -0.25) is 4.79 Å². The standard InChI is InChI=1S/C19H21NO2/c1-22-18-13-11-17(12-14-18)19(21)20-15-7-3-6-10-16-8-4-2-5-9-16/h2,4-5,7-9,11-15H,3,6,10H2,1H3,(H,20,21)/b15-7-. The van der Waals surface area contributed by atoms with Gasteiger partial charge in [-0.2, -0.15) is 0 Å². The summed E-state index contributed by atoms with van der Waals surface area (Å²) in [7, 11) is 1.60. The highest BCUT2D eigenvalue weighted by molar-refractivity contribution is 5.94. The number of carbonyl (C=O) groups excluding carboxylic acids is 1. The topological polar surface area (TPSA) is 38.3 Å². The van der Waals surface area contributed by atoms with E-state index in [1.54, 1.807) is 37.6 Å². The van der Waals surface area contributed by atoms with E-state index in [2.05, 4.69) is 29.6 Å². The molecule has 0 atom stereocenters. The van der Waals surface area contributed by atoms with Gasteiger partial charge in [-0.15, -0.1) is 0 Å². The molecule has 2 rings (SSSR count). The average molecular weight is 295 g/mol. The summed E-state index contributed by atoms with van der Waals surface area (Å²) < 4.78 is 5.07. The van der Waals surface area contributed by atoms with E-state index in [4.69, 9.17) is 4.74 Å². The number of unbranched alkanes of at least 4 members (excludes halogenated alkanes) is 1. The molecule has 0 aromatic heterocycles. The van der Waals surface area contributed by atoms with Gasteiger partial charge in [-0.1, -0.05) is 36.4 Å². The van der Waals surface area contributed by atoms with Gasteiger partial charge >= 0.3 is 0 Å². The monoisotopic (exact) mass is 295 g/mol. The van der Waals surface area contributed by atoms with Crippen LogP contribution in [-0.2, 0) is 6.42 Å². The van der Waals surface area contributed by atoms with E-state index >= 15 is 0 Å². The van der Waals surface area contributed by atoms with Gasteiger partial charge in [-0.05, 0) is 49.1 Å². The fourth-order valence-electron chi connectivity index (χ4n) is 2.11. The number of nitrogens with one attached hydrogen (secondary N) is 1. The van der Waals surface area contributed by atoms with Gasteiger partial charge in [-0.25, -0.2) is 0 Å². The third kappa shape index (κ3) is 5.09. The molecule has 0 heterocycles. The molecule has 0 spiro atoms. The van der Waals surface area contributed by atoms with Gasteiger partial charge in [0.2, 0.25) is 0 Å². The van der Waals surface area contributed by atoms with Crippen LogP contribution in [-0.4, -0.2) is 13.0 Å². The third-order valence-corrected chi connectivity index (χ3v) is 3.36. The van der Waals surface area contributed by atoms with Crippen molar-refractivity contribution in [1.82, 2.24) is 5.32 Å². The van der Waals surface area contributed by atoms with Crippen molar-refractivity contribution in [3.63, 3.8) is 0 Å². The van der Waals surface area contributed by atoms with Gasteiger partial charge in [0.15, 0.2) is 0 Å². The fourth-order valence-corrected chi connectivity index (χ4v) is 2.11. The summed E-state index contributed by atoms with van der Waals surface area (Å²) >= 11 is 0. The lowest BCUT2D eigenvalue weighted by atomic mass is 10.1. The first-order valence-electron chi connectivity index (χ1n) is 7.43. The summed E-state index contributed by atoms with van der Waals surface area (Å²) in [5, 5.41) is 2.77. The third-order valence-electron chi connectivity index (χ3n) is 3.36. The Morgan fingerprint density at radius 3 is 2.50 bits per heavy atom. The lowest BCUT2D eigenvalue weighted by molar-refractivity contribution is 0.0970. The number of amides is 1. The molecule has 114 valence electrons. The Labute approximate surface area is 131 Å². The number of carbonyl (C=O) groups is 1. The molecule has 0 bridgehead atoms. The summed E-state index contributed by atoms with van der Waals surface area (Å²) in [4.78, 5) is 11.9. The van der Waals surface area contributed by atoms with Crippen molar-refractivity contribution in [3.8, 4) is 5.75 Å². The number of benzene rings is 2. The highest BCUT2D eigenvalue weighted by atomic mass is 16.5. The van der Waals surface area contributed by atoms with Crippen LogP contribution in [0.5, 0.6) is 5.75 Å². The Balaban J connectivity index is 1.69. The van der Waals surface area contributed by atoms with Crippen molar-refractivity contribution >= 4 is 5.91 Å². The molecule has 0 aliphatic carbocycles. The van der Waals surface area contributed by atoms with Crippen LogP contribution < -0.4 is 10.1 Å². The molecule has 1 amide bonds. The predicted octanol–water partition coefficient (Wildman–Crippen LogP) is 3.96. The van der Waals surface area contributed by atoms with Gasteiger partial charge in [0.25, 0.3) is 5.91 Å². The van der Waals surface area contributed by atoms with Crippen molar-refractivity contribution in [2.45, 2.75) is 19.3 Å². The minimum atomic E-state index is -0.109. The number of methoxy groups -OCH3 is 1. The number of ether oxygens (including phenoxy) is 1. The van der Waals surface area contributed by atoms with Crippen LogP contribution in [0.15, 0.2) is 66.9 Å². The minimum absolute atomic E-state index is 0.109. The van der Waals surface area contributed by atoms with E-state index in [9.17, 15) is 4.79 Å². The van der Waals surface area contributed by atoms with E-state index in [-0.39, 0.29) is 5.91 Å². The SMILES string of the molecule is COc1ccc(C(=O)N/C=C\CCCc2ccccc2)cc1. The molecule has 0 saturated carbocycles. The zero-order valence-corrected chi connectivity index (χ0v) is 12.8. The van der Waals surface area contributed by atoms with E-state index in [1.807, 2.05) is 12.1 Å². The van der Waals surface area contributed by atoms with Crippen molar-refractivity contribution in [2.24, 2.45) is 0 Å². The van der Waals surface area contributed by atoms with Crippen LogP contribution in [0.2, 0.25) is 0 Å². The highest BCUT2D eigenvalue weighted by Gasteiger charge is 2.02. The first-order chi connectivity index (χ1) is 10.8. The Morgan fingerprint density at radius 2 is 1.82 bits per heavy atom. The number of rotatable bonds is 7. The maximum absolute atomic E-state index is 11.9. The summed E-state index contributed by atoms with van der Waals surface area (Å²) in [6.45, 7) is 0. The average Bonchev–Trinajstić information content (AvgIpc) is 2.58. The smallest absolute Gasteiger partial charge is 0.255 e. The van der Waals surface area contributed by atoms with Crippen LogP contribution in [0.4, 0.5) is 0 Å². The molecule has 0 radical (unpaired) electrons. The van der Waals surface area contributed by atoms with E-state index < -0.39 is 0 Å². The predicted molar refractivity (Wildman–Crippen MR) is 89.0 cm³/mol. The van der Waals surface area contributed by atoms with Crippen LogP contribution in [0.1, 0.15) is 28.8 Å². The second-order valence-corrected chi connectivity index (χ2v) is 4.98. The molecule has 22 heavy (non-hydrogen) atoms. The van der Waals surface area contributed by atoms with Crippen molar-refractivity contribution in [2.75, 3.05) is 7.11 Å². The number of allylic oxidation sites excluding steroid dienone is 1. The van der Waals surface area contributed by atoms with Crippen LogP contribution in [0.25, 0.3) is 0 Å². The summed E-state index contributed by atoms with van der Waals surface area (Å²) in [6, 6.07) is 17.5. The first-order valence-corrected chi connectivity index (χ1v) is 7.43. The molecule has 2 aromatic carbocycles. The maximum Gasteiger partial charge on any atom is 0.255 e. The molecule has 1 N–H and O–H groups in total. The first kappa shape index (κ1) is 15.8. The number of hydrogen-bond acceptors (Lipinski definition) is 2. The lowest BCUT2D eigenvalue weighted by Crippen LogP contribution is -2.16. The molecule has 0 fully saturated rings. The zero-order valence-electron chi connectivity index (χ0n) is 12.8. The Bertz CT molecular complexity index is 603. The molecule has 2 aromatic rings. The minimum Gasteiger partial charge on any atom is -0.497 e. The maximum atomic E-state index is 11.9. The molecule has 3 heteroatoms. The summed E-state index contributed by atoms with van der Waals surface area (Å²) in [5.74, 6) is 0.634. The van der Waals surface area contributed by atoms with Crippen LogP contribution in [0, 0.1) is 0 Å². The van der Waals surface area contributed by atoms with Crippen LogP contribution in [0.3, 0.4) is 0 Å². The zero-order chi connectivity index (χ0) is 15.6. The molecular weight excluding hydrogens is 274 g/mol. The number of aryl methyl sites for hydroxylation is 1. The van der Waals surface area contributed by atoms with Gasteiger partial charge < -0.3 is 10.1 Å². The Morgan fingerprint density at radius 1 is 1.09 bits per heavy atom. The van der Waals surface area contributed by atoms with Gasteiger partial charge in [0.05, 0.1) is 7.11 Å². The molecule has 0 saturated heterocycles. The Hall–Kier alpha value is -2.55. The largest absolute Gasteiger partial charge is 0.497 e. The quantitative estimate of drug-likeness (QED) is 0.785.